The topological polar surface area (TPSA) is 693 Å². The number of benzene rings is 2. The van der Waals surface area contributed by atoms with E-state index in [1.165, 1.54) is 56.8 Å². The number of likely N-dealkylation sites (tertiary alicyclic amines) is 1. The van der Waals surface area contributed by atoms with Crippen molar-refractivity contribution in [3.63, 3.8) is 0 Å². The zero-order valence-electron chi connectivity index (χ0n) is 72.3. The molecule has 43 heteroatoms. The first-order valence-electron chi connectivity index (χ1n) is 41.5. The lowest BCUT2D eigenvalue weighted by molar-refractivity contribution is -0.143. The number of primary amides is 1. The van der Waals surface area contributed by atoms with Crippen LogP contribution in [0.15, 0.2) is 59.6 Å². The zero-order valence-corrected chi connectivity index (χ0v) is 73.1. The van der Waals surface area contributed by atoms with Gasteiger partial charge in [0.15, 0.2) is 5.96 Å². The number of guanidine groups is 1. The number of aliphatic imine (C=N–C) groups is 1. The molecule has 124 heavy (non-hydrogen) atoms. The number of carboxylic acid groups (broad SMARTS) is 2. The minimum absolute atomic E-state index is 0.0170. The number of aliphatic hydroxyl groups excluding tert-OH is 2. The first kappa shape index (κ1) is 107. The Hall–Kier alpha value is -11.3. The number of aliphatic carboxylic acids is 2. The van der Waals surface area contributed by atoms with E-state index in [-0.39, 0.29) is 101 Å². The van der Waals surface area contributed by atoms with E-state index in [0.29, 0.717) is 23.3 Å². The van der Waals surface area contributed by atoms with Gasteiger partial charge >= 0.3 is 11.9 Å². The van der Waals surface area contributed by atoms with Crippen LogP contribution in [0.1, 0.15) is 164 Å². The van der Waals surface area contributed by atoms with Gasteiger partial charge in [-0.1, -0.05) is 104 Å². The van der Waals surface area contributed by atoms with E-state index in [1.54, 1.807) is 78.1 Å². The molecule has 0 unspecified atom stereocenters. The lowest BCUT2D eigenvalue weighted by Gasteiger charge is -2.31. The summed E-state index contributed by atoms with van der Waals surface area (Å²) in [6.07, 6.45) is -2.16. The van der Waals surface area contributed by atoms with Crippen LogP contribution in [0.2, 0.25) is 0 Å². The van der Waals surface area contributed by atoms with Gasteiger partial charge in [0.05, 0.1) is 25.2 Å². The van der Waals surface area contributed by atoms with Crippen LogP contribution in [0.4, 0.5) is 0 Å². The molecule has 17 atom stereocenters. The fourth-order valence-corrected chi connectivity index (χ4v) is 13.6. The van der Waals surface area contributed by atoms with Crippen LogP contribution in [0, 0.1) is 23.7 Å². The lowest BCUT2D eigenvalue weighted by atomic mass is 9.95. The molecule has 1 heterocycles. The summed E-state index contributed by atoms with van der Waals surface area (Å²) in [4.78, 5) is 242. The van der Waals surface area contributed by atoms with Crippen LogP contribution in [0.3, 0.4) is 0 Å². The number of unbranched alkanes of at least 4 members (excludes halogenated alkanes) is 1. The number of aliphatic hydroxyl groups is 2. The molecular formula is C81H130N20O22S. The Labute approximate surface area is 725 Å². The number of phenols is 1. The molecule has 2 aromatic rings. The summed E-state index contributed by atoms with van der Waals surface area (Å²) in [5, 5.41) is 83.6. The number of amides is 15. The van der Waals surface area contributed by atoms with E-state index in [4.69, 9.17) is 28.7 Å². The van der Waals surface area contributed by atoms with Gasteiger partial charge in [-0.25, -0.2) is 4.79 Å². The summed E-state index contributed by atoms with van der Waals surface area (Å²) in [5.41, 5.74) is 29.3. The molecule has 1 fully saturated rings. The molecule has 1 saturated heterocycles. The van der Waals surface area contributed by atoms with E-state index < -0.39 is 247 Å². The molecule has 2 aromatic carbocycles. The van der Waals surface area contributed by atoms with Crippen molar-refractivity contribution in [1.29, 1.82) is 0 Å². The second kappa shape index (κ2) is 54.3. The van der Waals surface area contributed by atoms with E-state index in [1.807, 2.05) is 0 Å². The van der Waals surface area contributed by atoms with Crippen LogP contribution < -0.4 is 97.8 Å². The second-order valence-electron chi connectivity index (χ2n) is 31.9. The van der Waals surface area contributed by atoms with E-state index in [2.05, 4.69) is 74.1 Å². The minimum Gasteiger partial charge on any atom is -0.508 e. The molecular weight excluding hydrogens is 1640 g/mol. The number of nitrogens with one attached hydrogen (secondary N) is 13. The summed E-state index contributed by atoms with van der Waals surface area (Å²) >= 11 is 1.38. The number of carbonyl (C=O) groups is 17. The van der Waals surface area contributed by atoms with Gasteiger partial charge in [-0.15, -0.1) is 0 Å². The molecule has 0 bridgehead atoms. The molecule has 28 N–H and O–H groups in total. The van der Waals surface area contributed by atoms with Crippen LogP contribution in [-0.4, -0.2) is 272 Å². The summed E-state index contributed by atoms with van der Waals surface area (Å²) in [7, 11) is 0. The number of carboxylic acids is 2. The van der Waals surface area contributed by atoms with E-state index in [0.717, 1.165) is 11.8 Å². The number of nitrogens with two attached hydrogens (primary N) is 5. The van der Waals surface area contributed by atoms with Crippen molar-refractivity contribution < 1.29 is 107 Å². The lowest BCUT2D eigenvalue weighted by Crippen LogP contribution is -2.62. The zero-order chi connectivity index (χ0) is 93.4. The highest BCUT2D eigenvalue weighted by Crippen LogP contribution is 2.23. The van der Waals surface area contributed by atoms with Crippen molar-refractivity contribution >= 4 is 118 Å². The fourth-order valence-electron chi connectivity index (χ4n) is 13.1. The third kappa shape index (κ3) is 37.0. The highest BCUT2D eigenvalue weighted by molar-refractivity contribution is 7.98. The Morgan fingerprint density at radius 1 is 0.508 bits per heavy atom. The molecule has 0 aliphatic carbocycles. The quantitative estimate of drug-likeness (QED) is 0.0168. The van der Waals surface area contributed by atoms with Crippen LogP contribution in [-0.2, 0) is 94.3 Å². The molecule has 1 aliphatic rings. The third-order valence-electron chi connectivity index (χ3n) is 20.4. The van der Waals surface area contributed by atoms with Gasteiger partial charge in [0.1, 0.15) is 90.3 Å². The molecule has 0 spiro atoms. The van der Waals surface area contributed by atoms with Crippen molar-refractivity contribution in [3.8, 4) is 5.75 Å². The first-order chi connectivity index (χ1) is 58.4. The normalized spacial score (nSPS) is 16.4. The van der Waals surface area contributed by atoms with Crippen molar-refractivity contribution in [2.45, 2.75) is 262 Å². The Balaban J connectivity index is 2.02. The van der Waals surface area contributed by atoms with Gasteiger partial charge < -0.3 is 128 Å². The molecule has 42 nitrogen and oxygen atoms in total. The van der Waals surface area contributed by atoms with Crippen molar-refractivity contribution in [2.24, 2.45) is 57.3 Å². The third-order valence-corrected chi connectivity index (χ3v) is 21.0. The largest absolute Gasteiger partial charge is 0.508 e. The number of hydrogen-bond donors (Lipinski definition) is 23. The molecule has 0 saturated carbocycles. The smallest absolute Gasteiger partial charge is 0.326 e. The summed E-state index contributed by atoms with van der Waals surface area (Å²) < 4.78 is 0. The average Bonchev–Trinajstić information content (AvgIpc) is 1.68. The van der Waals surface area contributed by atoms with E-state index in [9.17, 15) is 107 Å². The molecule has 3 rings (SSSR count). The summed E-state index contributed by atoms with van der Waals surface area (Å²) in [6, 6.07) is -8.80. The summed E-state index contributed by atoms with van der Waals surface area (Å²) in [5.74, 6) is -20.1. The van der Waals surface area contributed by atoms with Gasteiger partial charge in [-0.2, -0.15) is 11.8 Å². The highest BCUT2D eigenvalue weighted by atomic mass is 32.2. The van der Waals surface area contributed by atoms with Gasteiger partial charge in [-0.3, -0.25) is 81.7 Å². The standard InChI is InChI=1S/C81H130N20O22S/c1-12-44(8)64(77(119)98-62(42(4)5)75(117)95-54(36-41(2)3)69(111)93-55(37-47-20-14-13-15-21-47)70(112)91-53(80(122)123)31-35-124-11)99-72(114)57(39-60(84)105)94-71(113)56(38-48-25-27-49(104)28-26-48)92-67(109)50(23-18-33-87-81(85)86)88-74(116)59-24-19-34-101(59)79(121)52(22-16-17-32-82)90-68(110)51(29-30-61(106)107)89-78(120)65(46(10)103)100-76(118)63(43(6)7)97-73(115)58(40-102)96-66(108)45(9)83/h13-15,20-21,25-28,41-46,50-59,62-65,102-104H,12,16-19,22-24,29-40,82-83H2,1-11H3,(H2,84,105)(H,88,116)(H,89,120)(H,90,110)(H,91,112)(H,92,109)(H,93,111)(H,94,113)(H,95,117)(H,96,108)(H,97,115)(H,98,119)(H,99,114)(H,100,118)(H,106,107)(H,122,123)(H4,85,86,87)/t44-,45-,46+,50-,51-,52-,53-,54-,55-,56-,57-,58-,59-,62-,63-,64-,65-/m0/s1. The van der Waals surface area contributed by atoms with Crippen molar-refractivity contribution in [3.05, 3.63) is 65.7 Å². The van der Waals surface area contributed by atoms with Crippen LogP contribution >= 0.6 is 11.8 Å². The molecule has 15 amide bonds. The van der Waals surface area contributed by atoms with Crippen molar-refractivity contribution in [2.75, 3.05) is 38.2 Å². The molecule has 0 aromatic heterocycles. The minimum atomic E-state index is -1.90. The first-order valence-corrected chi connectivity index (χ1v) is 42.9. The maximum absolute atomic E-state index is 15.0. The van der Waals surface area contributed by atoms with E-state index >= 15 is 0 Å². The predicted molar refractivity (Wildman–Crippen MR) is 457 cm³/mol. The molecule has 692 valence electrons. The predicted octanol–water partition coefficient (Wildman–Crippen LogP) is -4.64. The molecule has 1 aliphatic heterocycles. The van der Waals surface area contributed by atoms with Crippen molar-refractivity contribution in [1.82, 2.24) is 74.0 Å². The SMILES string of the molecule is CC[C@H](C)[C@H](NC(=O)[C@H](CC(N)=O)NC(=O)[C@H](Cc1ccc(O)cc1)NC(=O)[C@H](CCCN=C(N)N)NC(=O)[C@@H]1CCCN1C(=O)[C@H](CCCCN)NC(=O)[C@H](CCC(=O)O)NC(=O)[C@@H](NC(=O)[C@@H](NC(=O)[C@H](CO)NC(=O)[C@H](C)N)C(C)C)[C@@H](C)O)C(=O)N[C@H](C(=O)N[C@@H](CC(C)C)C(=O)N[C@@H](Cc1ccccc1)C(=O)N[C@@H](CCSC)C(=O)O)C(C)C. The van der Waals surface area contributed by atoms with Gasteiger partial charge in [0.2, 0.25) is 88.6 Å². The number of phenolic OH excluding ortho intramolecular Hbond substituents is 1. The summed E-state index contributed by atoms with van der Waals surface area (Å²) in [6.45, 7) is 14.5. The number of hydrogen-bond acceptors (Lipinski definition) is 24. The Morgan fingerprint density at radius 2 is 0.960 bits per heavy atom. The average molecular weight is 1770 g/mol. The van der Waals surface area contributed by atoms with Gasteiger partial charge in [0.25, 0.3) is 0 Å². The Morgan fingerprint density at radius 3 is 1.47 bits per heavy atom. The fraction of sp³-hybridized carbons (Fsp3) is 0.630. The number of nitrogens with zero attached hydrogens (tertiary/aromatic N) is 2. The number of thioether (sulfide) groups is 1. The van der Waals surface area contributed by atoms with Crippen LogP contribution in [0.5, 0.6) is 5.75 Å². The number of aromatic hydroxyl groups is 1. The molecule has 0 radical (unpaired) electrons. The van der Waals surface area contributed by atoms with Crippen LogP contribution in [0.25, 0.3) is 0 Å². The Bertz CT molecular complexity index is 3950. The van der Waals surface area contributed by atoms with Gasteiger partial charge in [0, 0.05) is 32.4 Å². The van der Waals surface area contributed by atoms with Gasteiger partial charge in [-0.05, 0) is 144 Å². The highest BCUT2D eigenvalue weighted by Gasteiger charge is 2.43. The number of carbonyl (C=O) groups excluding carboxylic acids is 15. The maximum atomic E-state index is 15.0. The number of rotatable bonds is 56. The maximum Gasteiger partial charge on any atom is 0.326 e. The monoisotopic (exact) mass is 1770 g/mol. The second-order valence-corrected chi connectivity index (χ2v) is 32.9. The Kier molecular flexibility index (Phi) is 46.8.